The summed E-state index contributed by atoms with van der Waals surface area (Å²) in [5, 5.41) is 0. The Kier molecular flexibility index (Phi) is 4.35. The third-order valence-corrected chi connectivity index (χ3v) is 3.56. The van der Waals surface area contributed by atoms with Crippen LogP contribution in [0.1, 0.15) is 48.2 Å². The first-order valence-corrected chi connectivity index (χ1v) is 6.97. The molecule has 3 nitrogen and oxygen atoms in total. The van der Waals surface area contributed by atoms with Gasteiger partial charge < -0.3 is 4.74 Å². The number of carbonyl (C=O) groups excluding carboxylic acids is 2. The molecule has 0 fully saturated rings. The van der Waals surface area contributed by atoms with Crippen LogP contribution < -0.4 is 0 Å². The summed E-state index contributed by atoms with van der Waals surface area (Å²) in [6, 6.07) is 5.81. The van der Waals surface area contributed by atoms with Crippen LogP contribution in [0.15, 0.2) is 18.2 Å². The summed E-state index contributed by atoms with van der Waals surface area (Å²) in [4.78, 5) is 23.6. The molecule has 0 radical (unpaired) electrons. The summed E-state index contributed by atoms with van der Waals surface area (Å²) in [7, 11) is 0. The topological polar surface area (TPSA) is 43.4 Å². The molecule has 0 saturated heterocycles. The molecule has 102 valence electrons. The standard InChI is InChI=1S/C16H20O3/c1-3-5-15(17)12-7-6-11-8-14(10-13(11)9-12)16(18)19-4-2/h6-7,9,14H,3-5,8,10H2,1-2H3. The number of hydrogen-bond donors (Lipinski definition) is 0. The van der Waals surface area contributed by atoms with Gasteiger partial charge in [0.25, 0.3) is 0 Å². The number of carbonyl (C=O) groups is 2. The Balaban J connectivity index is 2.11. The van der Waals surface area contributed by atoms with E-state index in [1.165, 1.54) is 5.56 Å². The average molecular weight is 260 g/mol. The predicted molar refractivity (Wildman–Crippen MR) is 73.2 cm³/mol. The molecule has 1 aliphatic carbocycles. The first-order chi connectivity index (χ1) is 9.15. The second-order valence-electron chi connectivity index (χ2n) is 5.01. The molecule has 0 aromatic heterocycles. The number of benzene rings is 1. The summed E-state index contributed by atoms with van der Waals surface area (Å²) in [5.41, 5.74) is 3.07. The van der Waals surface area contributed by atoms with Crippen molar-refractivity contribution in [3.8, 4) is 0 Å². The molecule has 1 atom stereocenters. The maximum atomic E-state index is 11.9. The highest BCUT2D eigenvalue weighted by Gasteiger charge is 2.28. The molecule has 1 aromatic carbocycles. The van der Waals surface area contributed by atoms with E-state index in [0.717, 1.165) is 24.0 Å². The number of hydrogen-bond acceptors (Lipinski definition) is 3. The van der Waals surface area contributed by atoms with Crippen LogP contribution in [0, 0.1) is 5.92 Å². The highest BCUT2D eigenvalue weighted by Crippen LogP contribution is 2.28. The summed E-state index contributed by atoms with van der Waals surface area (Å²) < 4.78 is 5.07. The van der Waals surface area contributed by atoms with Crippen molar-refractivity contribution in [2.24, 2.45) is 5.92 Å². The van der Waals surface area contributed by atoms with Crippen LogP contribution in [0.25, 0.3) is 0 Å². The maximum Gasteiger partial charge on any atom is 0.309 e. The van der Waals surface area contributed by atoms with Crippen LogP contribution in [-0.2, 0) is 22.4 Å². The molecule has 0 N–H and O–H groups in total. The van der Waals surface area contributed by atoms with Gasteiger partial charge in [0.05, 0.1) is 12.5 Å². The van der Waals surface area contributed by atoms with E-state index < -0.39 is 0 Å². The van der Waals surface area contributed by atoms with Crippen molar-refractivity contribution in [2.75, 3.05) is 6.61 Å². The van der Waals surface area contributed by atoms with Crippen molar-refractivity contribution < 1.29 is 14.3 Å². The first kappa shape index (κ1) is 13.8. The lowest BCUT2D eigenvalue weighted by molar-refractivity contribution is -0.147. The van der Waals surface area contributed by atoms with E-state index in [1.807, 2.05) is 32.0 Å². The molecule has 0 heterocycles. The Bertz CT molecular complexity index is 491. The molecular weight excluding hydrogens is 240 g/mol. The lowest BCUT2D eigenvalue weighted by Crippen LogP contribution is -2.17. The van der Waals surface area contributed by atoms with Gasteiger partial charge >= 0.3 is 5.97 Å². The molecule has 1 unspecified atom stereocenters. The van der Waals surface area contributed by atoms with E-state index in [4.69, 9.17) is 4.74 Å². The van der Waals surface area contributed by atoms with Gasteiger partial charge in [0.15, 0.2) is 5.78 Å². The average Bonchev–Trinajstić information content (AvgIpc) is 2.82. The minimum absolute atomic E-state index is 0.0773. The van der Waals surface area contributed by atoms with Gasteiger partial charge in [0, 0.05) is 12.0 Å². The molecule has 0 amide bonds. The molecule has 1 aromatic rings. The van der Waals surface area contributed by atoms with Crippen LogP contribution >= 0.6 is 0 Å². The molecule has 0 spiro atoms. The number of ketones is 1. The SMILES string of the molecule is CCCC(=O)c1ccc2c(c1)CC(C(=O)OCC)C2. The predicted octanol–water partition coefficient (Wildman–Crippen LogP) is 2.95. The van der Waals surface area contributed by atoms with Crippen molar-refractivity contribution in [3.63, 3.8) is 0 Å². The van der Waals surface area contributed by atoms with E-state index in [-0.39, 0.29) is 17.7 Å². The van der Waals surface area contributed by atoms with E-state index in [9.17, 15) is 9.59 Å². The zero-order chi connectivity index (χ0) is 13.8. The van der Waals surface area contributed by atoms with E-state index >= 15 is 0 Å². The number of esters is 1. The van der Waals surface area contributed by atoms with Crippen molar-refractivity contribution in [3.05, 3.63) is 34.9 Å². The molecule has 3 heteroatoms. The lowest BCUT2D eigenvalue weighted by atomic mass is 10.0. The zero-order valence-corrected chi connectivity index (χ0v) is 11.6. The molecule has 0 saturated carbocycles. The normalized spacial score (nSPS) is 17.1. The van der Waals surface area contributed by atoms with Crippen LogP contribution in [0.4, 0.5) is 0 Å². The van der Waals surface area contributed by atoms with Gasteiger partial charge in [0.1, 0.15) is 0 Å². The fourth-order valence-electron chi connectivity index (χ4n) is 2.59. The zero-order valence-electron chi connectivity index (χ0n) is 11.6. The van der Waals surface area contributed by atoms with Gasteiger partial charge in [0.2, 0.25) is 0 Å². The number of ether oxygens (including phenoxy) is 1. The van der Waals surface area contributed by atoms with Crippen molar-refractivity contribution in [1.82, 2.24) is 0 Å². The van der Waals surface area contributed by atoms with E-state index in [1.54, 1.807) is 0 Å². The van der Waals surface area contributed by atoms with Gasteiger partial charge in [-0.05, 0) is 43.4 Å². The van der Waals surface area contributed by atoms with Crippen molar-refractivity contribution in [2.45, 2.75) is 39.5 Å². The van der Waals surface area contributed by atoms with Gasteiger partial charge in [-0.1, -0.05) is 19.1 Å². The highest BCUT2D eigenvalue weighted by molar-refractivity contribution is 5.96. The third-order valence-electron chi connectivity index (χ3n) is 3.56. The minimum atomic E-state index is -0.125. The smallest absolute Gasteiger partial charge is 0.309 e. The van der Waals surface area contributed by atoms with Crippen LogP contribution in [0.3, 0.4) is 0 Å². The molecule has 19 heavy (non-hydrogen) atoms. The fourth-order valence-corrected chi connectivity index (χ4v) is 2.59. The summed E-state index contributed by atoms with van der Waals surface area (Å²) in [6.07, 6.45) is 2.87. The molecule has 2 rings (SSSR count). The molecule has 0 bridgehead atoms. The van der Waals surface area contributed by atoms with Crippen molar-refractivity contribution in [1.29, 1.82) is 0 Å². The largest absolute Gasteiger partial charge is 0.466 e. The fraction of sp³-hybridized carbons (Fsp3) is 0.500. The van der Waals surface area contributed by atoms with Gasteiger partial charge in [-0.15, -0.1) is 0 Å². The van der Waals surface area contributed by atoms with Crippen molar-refractivity contribution >= 4 is 11.8 Å². The first-order valence-electron chi connectivity index (χ1n) is 6.97. The minimum Gasteiger partial charge on any atom is -0.466 e. The van der Waals surface area contributed by atoms with Gasteiger partial charge in [-0.3, -0.25) is 9.59 Å². The van der Waals surface area contributed by atoms with E-state index in [2.05, 4.69) is 0 Å². The van der Waals surface area contributed by atoms with E-state index in [0.29, 0.717) is 19.4 Å². The van der Waals surface area contributed by atoms with Gasteiger partial charge in [-0.2, -0.15) is 0 Å². The third kappa shape index (κ3) is 3.03. The summed E-state index contributed by atoms with van der Waals surface area (Å²) in [5.74, 6) is -0.0171. The second kappa shape index (κ2) is 6.00. The number of Topliss-reactive ketones (excluding diaryl/α,β-unsaturated/α-hetero) is 1. The van der Waals surface area contributed by atoms with Crippen LogP contribution in [0.5, 0.6) is 0 Å². The maximum absolute atomic E-state index is 11.9. The summed E-state index contributed by atoms with van der Waals surface area (Å²) in [6.45, 7) is 4.25. The summed E-state index contributed by atoms with van der Waals surface area (Å²) >= 11 is 0. The Morgan fingerprint density at radius 2 is 1.95 bits per heavy atom. The molecule has 0 aliphatic heterocycles. The van der Waals surface area contributed by atoms with Crippen LogP contribution in [-0.4, -0.2) is 18.4 Å². The number of rotatable bonds is 5. The quantitative estimate of drug-likeness (QED) is 0.604. The van der Waals surface area contributed by atoms with Crippen LogP contribution in [0.2, 0.25) is 0 Å². The van der Waals surface area contributed by atoms with Gasteiger partial charge in [-0.25, -0.2) is 0 Å². The Labute approximate surface area is 114 Å². The monoisotopic (exact) mass is 260 g/mol. The second-order valence-corrected chi connectivity index (χ2v) is 5.01. The molecule has 1 aliphatic rings. The highest BCUT2D eigenvalue weighted by atomic mass is 16.5. The Morgan fingerprint density at radius 3 is 2.63 bits per heavy atom. The molecular formula is C16H20O3. The Morgan fingerprint density at radius 1 is 1.21 bits per heavy atom. The Hall–Kier alpha value is -1.64. The lowest BCUT2D eigenvalue weighted by Gasteiger charge is -2.06. The number of fused-ring (bicyclic) bond motifs is 1.